The van der Waals surface area contributed by atoms with E-state index in [1.54, 1.807) is 11.3 Å². The molecule has 1 heterocycles. The highest BCUT2D eigenvalue weighted by Gasteiger charge is 2.11. The Morgan fingerprint density at radius 3 is 2.76 bits per heavy atom. The Hall–Kier alpha value is -1.79. The highest BCUT2D eigenvalue weighted by Crippen LogP contribution is 2.18. The first-order valence-electron chi connectivity index (χ1n) is 6.66. The fraction of sp³-hybridized carbons (Fsp3) is 0.333. The Morgan fingerprint density at radius 1 is 1.38 bits per heavy atom. The molecule has 2 rings (SSSR count). The Balaban J connectivity index is 1.94. The van der Waals surface area contributed by atoms with Crippen LogP contribution >= 0.6 is 11.3 Å². The molecule has 0 saturated heterocycles. The monoisotopic (exact) mass is 308 g/mol. The number of nitro groups is 1. The zero-order valence-electron chi connectivity index (χ0n) is 11.9. The maximum absolute atomic E-state index is 13.3. The zero-order valence-corrected chi connectivity index (χ0v) is 12.7. The van der Waals surface area contributed by atoms with Crippen molar-refractivity contribution >= 4 is 17.0 Å². The molecule has 21 heavy (non-hydrogen) atoms. The van der Waals surface area contributed by atoms with Gasteiger partial charge in [0.25, 0.3) is 5.69 Å². The van der Waals surface area contributed by atoms with Gasteiger partial charge >= 0.3 is 0 Å². The van der Waals surface area contributed by atoms with E-state index in [1.807, 2.05) is 6.92 Å². The van der Waals surface area contributed by atoms with Crippen LogP contribution in [0.2, 0.25) is 0 Å². The van der Waals surface area contributed by atoms with Gasteiger partial charge < -0.3 is 5.32 Å². The highest BCUT2D eigenvalue weighted by molar-refractivity contribution is 7.11. The topological polar surface area (TPSA) is 55.2 Å². The lowest BCUT2D eigenvalue weighted by atomic mass is 10.1. The molecule has 0 radical (unpaired) electrons. The van der Waals surface area contributed by atoms with Crippen LogP contribution in [0.25, 0.3) is 0 Å². The summed E-state index contributed by atoms with van der Waals surface area (Å²) in [5, 5.41) is 14.0. The third kappa shape index (κ3) is 4.61. The molecule has 0 spiro atoms. The van der Waals surface area contributed by atoms with E-state index in [-0.39, 0.29) is 11.7 Å². The number of hydrogen-bond donors (Lipinski definition) is 1. The van der Waals surface area contributed by atoms with Gasteiger partial charge in [-0.15, -0.1) is 11.3 Å². The molecule has 112 valence electrons. The van der Waals surface area contributed by atoms with Crippen LogP contribution in [-0.4, -0.2) is 11.0 Å². The van der Waals surface area contributed by atoms with Gasteiger partial charge in [-0.3, -0.25) is 10.1 Å². The number of nitro benzene ring substituents is 1. The Morgan fingerprint density at radius 2 is 2.14 bits per heavy atom. The SMILES string of the molecule is Cc1ccc(CC(C)NCc2cc(F)cc([N+](=O)[O-])c2)s1. The second kappa shape index (κ2) is 6.78. The summed E-state index contributed by atoms with van der Waals surface area (Å²) in [6.45, 7) is 4.52. The third-order valence-corrected chi connectivity index (χ3v) is 4.13. The first-order valence-corrected chi connectivity index (χ1v) is 7.48. The number of thiophene rings is 1. The summed E-state index contributed by atoms with van der Waals surface area (Å²) in [6.07, 6.45) is 0.885. The average molecular weight is 308 g/mol. The number of hydrogen-bond acceptors (Lipinski definition) is 4. The van der Waals surface area contributed by atoms with Crippen LogP contribution in [0.5, 0.6) is 0 Å². The number of benzene rings is 1. The molecule has 4 nitrogen and oxygen atoms in total. The minimum Gasteiger partial charge on any atom is -0.310 e. The van der Waals surface area contributed by atoms with Gasteiger partial charge in [0.2, 0.25) is 0 Å². The molecule has 0 fully saturated rings. The van der Waals surface area contributed by atoms with Gasteiger partial charge in [-0.05, 0) is 44.0 Å². The van der Waals surface area contributed by atoms with Crippen molar-refractivity contribution in [2.45, 2.75) is 32.9 Å². The second-order valence-electron chi connectivity index (χ2n) is 5.07. The number of halogens is 1. The maximum atomic E-state index is 13.3. The first kappa shape index (κ1) is 15.6. The lowest BCUT2D eigenvalue weighted by Gasteiger charge is -2.13. The summed E-state index contributed by atoms with van der Waals surface area (Å²) in [4.78, 5) is 12.7. The number of non-ortho nitro benzene ring substituents is 1. The fourth-order valence-corrected chi connectivity index (χ4v) is 3.12. The normalized spacial score (nSPS) is 12.3. The predicted octanol–water partition coefficient (Wildman–Crippen LogP) is 3.82. The molecule has 0 aliphatic rings. The molecule has 1 aromatic carbocycles. The van der Waals surface area contributed by atoms with Crippen LogP contribution in [-0.2, 0) is 13.0 Å². The lowest BCUT2D eigenvalue weighted by molar-refractivity contribution is -0.385. The van der Waals surface area contributed by atoms with Crippen molar-refractivity contribution in [2.24, 2.45) is 0 Å². The van der Waals surface area contributed by atoms with Crippen LogP contribution in [0, 0.1) is 22.9 Å². The predicted molar refractivity (Wildman–Crippen MR) is 82.1 cm³/mol. The average Bonchev–Trinajstić information content (AvgIpc) is 2.81. The zero-order chi connectivity index (χ0) is 15.4. The fourth-order valence-electron chi connectivity index (χ4n) is 2.10. The van der Waals surface area contributed by atoms with E-state index >= 15 is 0 Å². The maximum Gasteiger partial charge on any atom is 0.272 e. The molecule has 1 aromatic heterocycles. The summed E-state index contributed by atoms with van der Waals surface area (Å²) in [6, 6.07) is 8.06. The molecule has 1 atom stereocenters. The summed E-state index contributed by atoms with van der Waals surface area (Å²) in [7, 11) is 0. The van der Waals surface area contributed by atoms with Gasteiger partial charge in [0, 0.05) is 28.4 Å². The van der Waals surface area contributed by atoms with Gasteiger partial charge in [0.15, 0.2) is 0 Å². The van der Waals surface area contributed by atoms with Crippen LogP contribution in [0.4, 0.5) is 10.1 Å². The quantitative estimate of drug-likeness (QED) is 0.652. The molecular formula is C15H17FN2O2S. The smallest absolute Gasteiger partial charge is 0.272 e. The molecule has 2 aromatic rings. The van der Waals surface area contributed by atoms with Crippen LogP contribution in [0.1, 0.15) is 22.2 Å². The first-order chi connectivity index (χ1) is 9.94. The molecular weight excluding hydrogens is 291 g/mol. The molecule has 0 amide bonds. The van der Waals surface area contributed by atoms with Crippen LogP contribution < -0.4 is 5.32 Å². The highest BCUT2D eigenvalue weighted by atomic mass is 32.1. The Labute approximate surface area is 126 Å². The van der Waals surface area contributed by atoms with Crippen molar-refractivity contribution in [1.82, 2.24) is 5.32 Å². The van der Waals surface area contributed by atoms with E-state index in [2.05, 4.69) is 24.4 Å². The second-order valence-corrected chi connectivity index (χ2v) is 6.45. The van der Waals surface area contributed by atoms with E-state index in [1.165, 1.54) is 21.9 Å². The van der Waals surface area contributed by atoms with E-state index in [4.69, 9.17) is 0 Å². The Kier molecular flexibility index (Phi) is 5.03. The standard InChI is InChI=1S/C15H17FN2O2S/c1-10(5-15-4-3-11(2)21-15)17-9-12-6-13(16)8-14(7-12)18(19)20/h3-4,6-8,10,17H,5,9H2,1-2H3. The van der Waals surface area contributed by atoms with Crippen molar-refractivity contribution in [1.29, 1.82) is 0 Å². The molecule has 6 heteroatoms. The number of rotatable bonds is 6. The van der Waals surface area contributed by atoms with Gasteiger partial charge in [-0.2, -0.15) is 0 Å². The molecule has 0 bridgehead atoms. The number of nitrogens with one attached hydrogen (secondary N) is 1. The molecule has 1 unspecified atom stereocenters. The lowest BCUT2D eigenvalue weighted by Crippen LogP contribution is -2.27. The van der Waals surface area contributed by atoms with Gasteiger partial charge in [0.05, 0.1) is 11.0 Å². The minimum atomic E-state index is -0.581. The van der Waals surface area contributed by atoms with Crippen molar-refractivity contribution < 1.29 is 9.31 Å². The Bertz CT molecular complexity index is 642. The number of aryl methyl sites for hydroxylation is 1. The van der Waals surface area contributed by atoms with Gasteiger partial charge in [0.1, 0.15) is 5.82 Å². The molecule has 1 N–H and O–H groups in total. The van der Waals surface area contributed by atoms with E-state index in [9.17, 15) is 14.5 Å². The van der Waals surface area contributed by atoms with Gasteiger partial charge in [-0.1, -0.05) is 0 Å². The molecule has 0 aliphatic carbocycles. The van der Waals surface area contributed by atoms with Crippen LogP contribution in [0.3, 0.4) is 0 Å². The van der Waals surface area contributed by atoms with Gasteiger partial charge in [-0.25, -0.2) is 4.39 Å². The van der Waals surface area contributed by atoms with Crippen molar-refractivity contribution in [3.63, 3.8) is 0 Å². The third-order valence-electron chi connectivity index (χ3n) is 3.11. The summed E-state index contributed by atoms with van der Waals surface area (Å²) in [5.41, 5.74) is 0.365. The largest absolute Gasteiger partial charge is 0.310 e. The van der Waals surface area contributed by atoms with Crippen molar-refractivity contribution in [3.05, 3.63) is 61.6 Å². The van der Waals surface area contributed by atoms with Crippen LogP contribution in [0.15, 0.2) is 30.3 Å². The van der Waals surface area contributed by atoms with E-state index in [0.717, 1.165) is 12.5 Å². The molecule has 0 saturated carbocycles. The summed E-state index contributed by atoms with van der Waals surface area (Å²) >= 11 is 1.76. The summed E-state index contributed by atoms with van der Waals surface area (Å²) < 4.78 is 13.3. The summed E-state index contributed by atoms with van der Waals surface area (Å²) in [5.74, 6) is -0.581. The van der Waals surface area contributed by atoms with E-state index in [0.29, 0.717) is 12.1 Å². The molecule has 0 aliphatic heterocycles. The number of nitrogens with zero attached hydrogens (tertiary/aromatic N) is 1. The van der Waals surface area contributed by atoms with Crippen molar-refractivity contribution in [2.75, 3.05) is 0 Å². The minimum absolute atomic E-state index is 0.213. The van der Waals surface area contributed by atoms with E-state index < -0.39 is 10.7 Å². The van der Waals surface area contributed by atoms with Crippen molar-refractivity contribution in [3.8, 4) is 0 Å².